The third-order valence-corrected chi connectivity index (χ3v) is 6.10. The SMILES string of the molecule is COc1ncc(-c2scnc2C)cc1NS(=O)(=O)C1CC1. The Morgan fingerprint density at radius 2 is 2.14 bits per heavy atom. The number of ether oxygens (including phenoxy) is 1. The maximum Gasteiger partial charge on any atom is 0.238 e. The van der Waals surface area contributed by atoms with Crippen molar-refractivity contribution in [1.29, 1.82) is 0 Å². The van der Waals surface area contributed by atoms with Crippen LogP contribution in [-0.2, 0) is 10.0 Å². The number of anilines is 1. The maximum absolute atomic E-state index is 12.1. The molecule has 1 aliphatic rings. The minimum atomic E-state index is -3.35. The molecule has 2 aromatic heterocycles. The van der Waals surface area contributed by atoms with Crippen LogP contribution in [0.4, 0.5) is 5.69 Å². The van der Waals surface area contributed by atoms with Gasteiger partial charge in [-0.2, -0.15) is 0 Å². The second-order valence-electron chi connectivity index (χ2n) is 4.89. The van der Waals surface area contributed by atoms with Crippen molar-refractivity contribution in [2.75, 3.05) is 11.8 Å². The van der Waals surface area contributed by atoms with E-state index in [-0.39, 0.29) is 11.1 Å². The van der Waals surface area contributed by atoms with Gasteiger partial charge in [0.25, 0.3) is 0 Å². The summed E-state index contributed by atoms with van der Waals surface area (Å²) in [5.74, 6) is 0.269. The van der Waals surface area contributed by atoms with Gasteiger partial charge in [0, 0.05) is 11.8 Å². The molecule has 112 valence electrons. The van der Waals surface area contributed by atoms with E-state index in [0.717, 1.165) is 16.1 Å². The Hall–Kier alpha value is -1.67. The van der Waals surface area contributed by atoms with Crippen LogP contribution in [0, 0.1) is 6.92 Å². The second-order valence-corrected chi connectivity index (χ2v) is 7.71. The smallest absolute Gasteiger partial charge is 0.238 e. The Balaban J connectivity index is 2.00. The van der Waals surface area contributed by atoms with E-state index in [1.54, 1.807) is 17.8 Å². The van der Waals surface area contributed by atoms with E-state index in [0.29, 0.717) is 18.5 Å². The van der Waals surface area contributed by atoms with Gasteiger partial charge in [0.05, 0.1) is 28.4 Å². The molecule has 1 N–H and O–H groups in total. The summed E-state index contributed by atoms with van der Waals surface area (Å²) in [4.78, 5) is 9.36. The molecule has 0 unspecified atom stereocenters. The summed E-state index contributed by atoms with van der Waals surface area (Å²) in [5, 5.41) is -0.295. The van der Waals surface area contributed by atoms with E-state index in [1.807, 2.05) is 6.92 Å². The number of methoxy groups -OCH3 is 1. The molecule has 0 aliphatic heterocycles. The Labute approximate surface area is 127 Å². The third kappa shape index (κ3) is 2.86. The van der Waals surface area contributed by atoms with Crippen molar-refractivity contribution in [3.05, 3.63) is 23.5 Å². The lowest BCUT2D eigenvalue weighted by Crippen LogP contribution is -2.18. The van der Waals surface area contributed by atoms with E-state index in [2.05, 4.69) is 14.7 Å². The summed E-state index contributed by atoms with van der Waals surface area (Å²) in [6.45, 7) is 1.91. The maximum atomic E-state index is 12.1. The Morgan fingerprint density at radius 3 is 2.71 bits per heavy atom. The second kappa shape index (κ2) is 5.27. The van der Waals surface area contributed by atoms with Gasteiger partial charge in [0.2, 0.25) is 15.9 Å². The predicted octanol–water partition coefficient (Wildman–Crippen LogP) is 2.43. The summed E-state index contributed by atoms with van der Waals surface area (Å²) in [6, 6.07) is 1.74. The molecule has 0 saturated heterocycles. The van der Waals surface area contributed by atoms with Gasteiger partial charge in [-0.05, 0) is 25.8 Å². The number of nitrogens with one attached hydrogen (secondary N) is 1. The molecule has 1 saturated carbocycles. The van der Waals surface area contributed by atoms with Gasteiger partial charge in [0.1, 0.15) is 5.69 Å². The number of nitrogens with zero attached hydrogens (tertiary/aromatic N) is 2. The first-order valence-corrected chi connectivity index (χ1v) is 8.90. The van der Waals surface area contributed by atoms with Crippen LogP contribution in [0.15, 0.2) is 17.8 Å². The number of sulfonamides is 1. The van der Waals surface area contributed by atoms with Crippen LogP contribution in [-0.4, -0.2) is 30.7 Å². The summed E-state index contributed by atoms with van der Waals surface area (Å²) in [6.07, 6.45) is 3.08. The molecule has 0 spiro atoms. The molecule has 1 fully saturated rings. The average Bonchev–Trinajstić information content (AvgIpc) is 3.22. The van der Waals surface area contributed by atoms with Crippen molar-refractivity contribution in [1.82, 2.24) is 9.97 Å². The van der Waals surface area contributed by atoms with Crippen LogP contribution in [0.25, 0.3) is 10.4 Å². The van der Waals surface area contributed by atoms with Gasteiger partial charge in [0.15, 0.2) is 0 Å². The summed E-state index contributed by atoms with van der Waals surface area (Å²) in [7, 11) is -1.88. The zero-order valence-corrected chi connectivity index (χ0v) is 13.3. The molecular formula is C13H15N3O3S2. The number of thiazole rings is 1. The Kier molecular flexibility index (Phi) is 3.58. The van der Waals surface area contributed by atoms with Crippen LogP contribution in [0.3, 0.4) is 0 Å². The van der Waals surface area contributed by atoms with Crippen molar-refractivity contribution < 1.29 is 13.2 Å². The Morgan fingerprint density at radius 1 is 1.38 bits per heavy atom. The molecule has 0 radical (unpaired) electrons. The van der Waals surface area contributed by atoms with Gasteiger partial charge in [-0.1, -0.05) is 0 Å². The van der Waals surface area contributed by atoms with Crippen molar-refractivity contribution in [2.24, 2.45) is 0 Å². The van der Waals surface area contributed by atoms with Gasteiger partial charge in [-0.3, -0.25) is 4.72 Å². The van der Waals surface area contributed by atoms with E-state index < -0.39 is 10.0 Å². The molecule has 1 aliphatic carbocycles. The fourth-order valence-electron chi connectivity index (χ4n) is 2.01. The summed E-state index contributed by atoms with van der Waals surface area (Å²) < 4.78 is 31.9. The normalized spacial score (nSPS) is 15.0. The molecule has 6 nitrogen and oxygen atoms in total. The van der Waals surface area contributed by atoms with Gasteiger partial charge < -0.3 is 4.74 Å². The van der Waals surface area contributed by atoms with E-state index in [1.165, 1.54) is 18.4 Å². The molecule has 2 heterocycles. The highest BCUT2D eigenvalue weighted by molar-refractivity contribution is 7.93. The highest BCUT2D eigenvalue weighted by atomic mass is 32.2. The number of rotatable bonds is 5. The zero-order chi connectivity index (χ0) is 15.0. The van der Waals surface area contributed by atoms with Crippen molar-refractivity contribution in [3.63, 3.8) is 0 Å². The molecule has 3 rings (SSSR count). The molecule has 21 heavy (non-hydrogen) atoms. The number of hydrogen-bond acceptors (Lipinski definition) is 6. The summed E-state index contributed by atoms with van der Waals surface area (Å²) in [5.41, 5.74) is 3.84. The third-order valence-electron chi connectivity index (χ3n) is 3.27. The standard InChI is InChI=1S/C13H15N3O3S2/c1-8-12(20-7-15-8)9-5-11(13(19-2)14-6-9)16-21(17,18)10-3-4-10/h5-7,10,16H,3-4H2,1-2H3. The zero-order valence-electron chi connectivity index (χ0n) is 11.7. The highest BCUT2D eigenvalue weighted by Gasteiger charge is 2.36. The van der Waals surface area contributed by atoms with Gasteiger partial charge in [-0.15, -0.1) is 11.3 Å². The Bertz CT molecular complexity index is 767. The van der Waals surface area contributed by atoms with E-state index in [4.69, 9.17) is 4.74 Å². The van der Waals surface area contributed by atoms with Crippen LogP contribution in [0.5, 0.6) is 5.88 Å². The monoisotopic (exact) mass is 325 g/mol. The molecule has 8 heteroatoms. The fourth-order valence-corrected chi connectivity index (χ4v) is 4.17. The first-order chi connectivity index (χ1) is 10.0. The van der Waals surface area contributed by atoms with Crippen LogP contribution >= 0.6 is 11.3 Å². The van der Waals surface area contributed by atoms with Crippen molar-refractivity contribution in [3.8, 4) is 16.3 Å². The van der Waals surface area contributed by atoms with Crippen molar-refractivity contribution >= 4 is 27.0 Å². The van der Waals surface area contributed by atoms with Crippen LogP contribution in [0.1, 0.15) is 18.5 Å². The van der Waals surface area contributed by atoms with Crippen molar-refractivity contribution in [2.45, 2.75) is 25.0 Å². The van der Waals surface area contributed by atoms with Crippen LogP contribution < -0.4 is 9.46 Å². The lowest BCUT2D eigenvalue weighted by molar-refractivity contribution is 0.400. The molecule has 0 amide bonds. The minimum Gasteiger partial charge on any atom is -0.480 e. The number of aromatic nitrogens is 2. The first-order valence-electron chi connectivity index (χ1n) is 6.47. The quantitative estimate of drug-likeness (QED) is 0.913. The minimum absolute atomic E-state index is 0.269. The largest absolute Gasteiger partial charge is 0.480 e. The van der Waals surface area contributed by atoms with Gasteiger partial charge >= 0.3 is 0 Å². The first kappa shape index (κ1) is 14.3. The van der Waals surface area contributed by atoms with E-state index >= 15 is 0 Å². The molecule has 0 atom stereocenters. The van der Waals surface area contributed by atoms with Gasteiger partial charge in [-0.25, -0.2) is 18.4 Å². The number of hydrogen-bond donors (Lipinski definition) is 1. The topological polar surface area (TPSA) is 81.2 Å². The average molecular weight is 325 g/mol. The number of aryl methyl sites for hydroxylation is 1. The lowest BCUT2D eigenvalue weighted by atomic mass is 10.2. The molecule has 0 aromatic carbocycles. The molecule has 2 aromatic rings. The fraction of sp³-hybridized carbons (Fsp3) is 0.385. The highest BCUT2D eigenvalue weighted by Crippen LogP contribution is 2.35. The number of pyridine rings is 1. The summed E-state index contributed by atoms with van der Waals surface area (Å²) >= 11 is 1.49. The predicted molar refractivity (Wildman–Crippen MR) is 82.2 cm³/mol. The molecule has 0 bridgehead atoms. The lowest BCUT2D eigenvalue weighted by Gasteiger charge is -2.11. The van der Waals surface area contributed by atoms with E-state index in [9.17, 15) is 8.42 Å². The van der Waals surface area contributed by atoms with Crippen LogP contribution in [0.2, 0.25) is 0 Å². The molecular weight excluding hydrogens is 310 g/mol.